The quantitative estimate of drug-likeness (QED) is 0.781. The highest BCUT2D eigenvalue weighted by Crippen LogP contribution is 2.26. The summed E-state index contributed by atoms with van der Waals surface area (Å²) in [5, 5.41) is 12.2. The number of aliphatic hydroxyl groups is 1. The van der Waals surface area contributed by atoms with Gasteiger partial charge in [0.05, 0.1) is 12.1 Å². The van der Waals surface area contributed by atoms with Gasteiger partial charge in [-0.3, -0.25) is 0 Å². The van der Waals surface area contributed by atoms with E-state index in [1.54, 1.807) is 11.8 Å². The van der Waals surface area contributed by atoms with Crippen LogP contribution >= 0.6 is 11.8 Å². The second kappa shape index (κ2) is 5.27. The molecule has 1 aliphatic rings. The van der Waals surface area contributed by atoms with Crippen LogP contribution in [0.15, 0.2) is 0 Å². The predicted octanol–water partition coefficient (Wildman–Crippen LogP) is 1.77. The van der Waals surface area contributed by atoms with E-state index in [-0.39, 0.29) is 6.61 Å². The zero-order chi connectivity index (χ0) is 12.2. The van der Waals surface area contributed by atoms with Crippen molar-refractivity contribution >= 4 is 17.9 Å². The van der Waals surface area contributed by atoms with Crippen LogP contribution < -0.4 is 5.32 Å². The Morgan fingerprint density at radius 1 is 1.56 bits per heavy atom. The van der Waals surface area contributed by atoms with E-state index in [2.05, 4.69) is 5.32 Å². The fraction of sp³-hybridized carbons (Fsp3) is 0.909. The standard InChI is InChI=1S/C11H21NO3S/c1-10(2,3)15-9(14)12-11(7-13)5-4-6-16-8-11/h13H,4-8H2,1-3H3,(H,12,14). The molecule has 5 heteroatoms. The van der Waals surface area contributed by atoms with Crippen molar-refractivity contribution in [1.82, 2.24) is 5.32 Å². The Kier molecular flexibility index (Phi) is 4.50. The van der Waals surface area contributed by atoms with E-state index in [9.17, 15) is 9.90 Å². The summed E-state index contributed by atoms with van der Waals surface area (Å²) in [5.41, 5.74) is -0.992. The van der Waals surface area contributed by atoms with Gasteiger partial charge in [-0.15, -0.1) is 0 Å². The Hall–Kier alpha value is -0.420. The number of amides is 1. The summed E-state index contributed by atoms with van der Waals surface area (Å²) in [6.07, 6.45) is 1.39. The van der Waals surface area contributed by atoms with Crippen LogP contribution in [0.25, 0.3) is 0 Å². The van der Waals surface area contributed by atoms with Crippen LogP contribution in [-0.4, -0.2) is 40.5 Å². The molecule has 1 heterocycles. The number of thioether (sulfide) groups is 1. The van der Waals surface area contributed by atoms with Gasteiger partial charge in [-0.1, -0.05) is 0 Å². The molecule has 4 nitrogen and oxygen atoms in total. The topological polar surface area (TPSA) is 58.6 Å². The summed E-state index contributed by atoms with van der Waals surface area (Å²) in [4.78, 5) is 11.6. The Balaban J connectivity index is 2.52. The van der Waals surface area contributed by atoms with Crippen molar-refractivity contribution in [3.05, 3.63) is 0 Å². The number of aliphatic hydroxyl groups excluding tert-OH is 1. The van der Waals surface area contributed by atoms with Gasteiger partial charge < -0.3 is 15.2 Å². The summed E-state index contributed by atoms with van der Waals surface area (Å²) in [6, 6.07) is 0. The van der Waals surface area contributed by atoms with Crippen molar-refractivity contribution in [3.63, 3.8) is 0 Å². The molecule has 0 saturated carbocycles. The Morgan fingerprint density at radius 3 is 2.69 bits per heavy atom. The van der Waals surface area contributed by atoms with Gasteiger partial charge in [0.15, 0.2) is 0 Å². The van der Waals surface area contributed by atoms with Gasteiger partial charge in [-0.25, -0.2) is 4.79 Å². The molecule has 0 aromatic heterocycles. The highest BCUT2D eigenvalue weighted by Gasteiger charge is 2.34. The number of carbonyl (C=O) groups is 1. The molecule has 94 valence electrons. The third kappa shape index (κ3) is 4.22. The fourth-order valence-electron chi connectivity index (χ4n) is 1.64. The van der Waals surface area contributed by atoms with Crippen LogP contribution in [0, 0.1) is 0 Å². The van der Waals surface area contributed by atoms with Crippen molar-refractivity contribution < 1.29 is 14.6 Å². The SMILES string of the molecule is CC(C)(C)OC(=O)NC1(CO)CCCSC1. The first-order chi connectivity index (χ1) is 7.37. The van der Waals surface area contributed by atoms with E-state index in [0.717, 1.165) is 24.3 Å². The van der Waals surface area contributed by atoms with Crippen LogP contribution in [0.1, 0.15) is 33.6 Å². The molecular weight excluding hydrogens is 226 g/mol. The van der Waals surface area contributed by atoms with Gasteiger partial charge in [0.1, 0.15) is 5.60 Å². The molecule has 1 atom stereocenters. The van der Waals surface area contributed by atoms with Gasteiger partial charge >= 0.3 is 6.09 Å². The second-order valence-corrected chi connectivity index (χ2v) is 6.33. The van der Waals surface area contributed by atoms with Crippen molar-refractivity contribution in [2.75, 3.05) is 18.1 Å². The highest BCUT2D eigenvalue weighted by atomic mass is 32.2. The number of carbonyl (C=O) groups excluding carboxylic acids is 1. The maximum atomic E-state index is 11.6. The molecule has 1 saturated heterocycles. The fourth-order valence-corrected chi connectivity index (χ4v) is 2.83. The molecule has 1 unspecified atom stereocenters. The third-order valence-corrected chi connectivity index (χ3v) is 3.73. The molecular formula is C11H21NO3S. The maximum absolute atomic E-state index is 11.6. The van der Waals surface area contributed by atoms with Crippen molar-refractivity contribution in [2.24, 2.45) is 0 Å². The molecule has 0 bridgehead atoms. The monoisotopic (exact) mass is 247 g/mol. The minimum atomic E-state index is -0.497. The van der Waals surface area contributed by atoms with E-state index in [4.69, 9.17) is 4.74 Å². The lowest BCUT2D eigenvalue weighted by Crippen LogP contribution is -2.55. The first kappa shape index (κ1) is 13.6. The van der Waals surface area contributed by atoms with E-state index in [1.165, 1.54) is 0 Å². The summed E-state index contributed by atoms with van der Waals surface area (Å²) < 4.78 is 5.20. The molecule has 0 radical (unpaired) electrons. The van der Waals surface area contributed by atoms with Gasteiger partial charge in [0, 0.05) is 5.75 Å². The van der Waals surface area contributed by atoms with E-state index >= 15 is 0 Å². The molecule has 0 aliphatic carbocycles. The van der Waals surface area contributed by atoms with Crippen molar-refractivity contribution in [2.45, 2.75) is 44.8 Å². The van der Waals surface area contributed by atoms with E-state index in [0.29, 0.717) is 0 Å². The molecule has 1 aliphatic heterocycles. The Bertz CT molecular complexity index is 244. The first-order valence-electron chi connectivity index (χ1n) is 5.57. The lowest BCUT2D eigenvalue weighted by Gasteiger charge is -2.36. The lowest BCUT2D eigenvalue weighted by atomic mass is 9.97. The van der Waals surface area contributed by atoms with Gasteiger partial charge in [0.2, 0.25) is 0 Å². The number of hydrogen-bond acceptors (Lipinski definition) is 4. The summed E-state index contributed by atoms with van der Waals surface area (Å²) in [6.45, 7) is 5.45. The highest BCUT2D eigenvalue weighted by molar-refractivity contribution is 7.99. The predicted molar refractivity (Wildman–Crippen MR) is 65.7 cm³/mol. The molecule has 0 aromatic carbocycles. The smallest absolute Gasteiger partial charge is 0.408 e. The molecule has 16 heavy (non-hydrogen) atoms. The van der Waals surface area contributed by atoms with Crippen LogP contribution in [-0.2, 0) is 4.74 Å². The lowest BCUT2D eigenvalue weighted by molar-refractivity contribution is 0.0408. The number of rotatable bonds is 2. The van der Waals surface area contributed by atoms with Gasteiger partial charge in [0.25, 0.3) is 0 Å². The molecule has 1 amide bonds. The normalized spacial score (nSPS) is 26.2. The molecule has 1 fully saturated rings. The van der Waals surface area contributed by atoms with Gasteiger partial charge in [-0.2, -0.15) is 11.8 Å². The molecule has 1 rings (SSSR count). The van der Waals surface area contributed by atoms with Crippen molar-refractivity contribution in [3.8, 4) is 0 Å². The summed E-state index contributed by atoms with van der Waals surface area (Å²) >= 11 is 1.76. The average Bonchev–Trinajstić information content (AvgIpc) is 2.16. The summed E-state index contributed by atoms with van der Waals surface area (Å²) in [7, 11) is 0. The number of ether oxygens (including phenoxy) is 1. The zero-order valence-electron chi connectivity index (χ0n) is 10.2. The van der Waals surface area contributed by atoms with E-state index in [1.807, 2.05) is 20.8 Å². The molecule has 0 aromatic rings. The number of hydrogen-bond donors (Lipinski definition) is 2. The largest absolute Gasteiger partial charge is 0.444 e. The van der Waals surface area contributed by atoms with Crippen LogP contribution in [0.2, 0.25) is 0 Å². The third-order valence-electron chi connectivity index (χ3n) is 2.39. The van der Waals surface area contributed by atoms with Crippen LogP contribution in [0.3, 0.4) is 0 Å². The number of alkyl carbamates (subject to hydrolysis) is 1. The van der Waals surface area contributed by atoms with Gasteiger partial charge in [-0.05, 0) is 39.4 Å². The molecule has 0 spiro atoms. The number of nitrogens with one attached hydrogen (secondary N) is 1. The maximum Gasteiger partial charge on any atom is 0.408 e. The minimum Gasteiger partial charge on any atom is -0.444 e. The second-order valence-electron chi connectivity index (χ2n) is 5.22. The van der Waals surface area contributed by atoms with E-state index < -0.39 is 17.2 Å². The Labute approximate surface area is 101 Å². The van der Waals surface area contributed by atoms with Crippen LogP contribution in [0.5, 0.6) is 0 Å². The minimum absolute atomic E-state index is 0.0285. The van der Waals surface area contributed by atoms with Crippen molar-refractivity contribution in [1.29, 1.82) is 0 Å². The summed E-state index contributed by atoms with van der Waals surface area (Å²) in [5.74, 6) is 1.85. The zero-order valence-corrected chi connectivity index (χ0v) is 11.0. The first-order valence-corrected chi connectivity index (χ1v) is 6.72. The average molecular weight is 247 g/mol. The molecule has 2 N–H and O–H groups in total. The Morgan fingerprint density at radius 2 is 2.25 bits per heavy atom. The van der Waals surface area contributed by atoms with Crippen LogP contribution in [0.4, 0.5) is 4.79 Å².